The third-order valence-corrected chi connectivity index (χ3v) is 1.17. The van der Waals surface area contributed by atoms with Gasteiger partial charge in [0.15, 0.2) is 0 Å². The topological polar surface area (TPSA) is 56.7 Å². The van der Waals surface area contributed by atoms with Gasteiger partial charge >= 0.3 is 0 Å². The molecule has 0 radical (unpaired) electrons. The summed E-state index contributed by atoms with van der Waals surface area (Å²) >= 11 is 0. The Kier molecular flexibility index (Phi) is 1.79. The molecule has 0 aliphatic heterocycles. The summed E-state index contributed by atoms with van der Waals surface area (Å²) in [6.07, 6.45) is 3.29. The molecule has 0 fully saturated rings. The molecule has 0 aliphatic carbocycles. The fourth-order valence-corrected chi connectivity index (χ4v) is 0.548. The van der Waals surface area contributed by atoms with Crippen LogP contribution >= 0.6 is 0 Å². The predicted octanol–water partition coefficient (Wildman–Crippen LogP) is -0.202. The average molecular weight is 126 g/mol. The Bertz CT molecular complexity index is 157. The first kappa shape index (κ1) is 6.22. The van der Waals surface area contributed by atoms with Crippen molar-refractivity contribution in [2.75, 3.05) is 6.54 Å². The van der Waals surface area contributed by atoms with E-state index in [0.29, 0.717) is 6.54 Å². The van der Waals surface area contributed by atoms with Crippen molar-refractivity contribution < 1.29 is 0 Å². The molecule has 0 amide bonds. The Hall–Kier alpha value is -0.900. The predicted molar refractivity (Wildman–Crippen MR) is 33.8 cm³/mol. The highest BCUT2D eigenvalue weighted by Gasteiger charge is 1.99. The van der Waals surface area contributed by atoms with Crippen LogP contribution in [0.3, 0.4) is 0 Å². The van der Waals surface area contributed by atoms with Crippen molar-refractivity contribution in [3.05, 3.63) is 12.4 Å². The smallest absolute Gasteiger partial charge is 0.0810 e. The molecular formula is C5H10N4. The van der Waals surface area contributed by atoms with Gasteiger partial charge in [-0.1, -0.05) is 0 Å². The van der Waals surface area contributed by atoms with Crippen LogP contribution in [0.15, 0.2) is 12.4 Å². The van der Waals surface area contributed by atoms with Gasteiger partial charge in [0.25, 0.3) is 0 Å². The average Bonchev–Trinajstić information content (AvgIpc) is 2.37. The third kappa shape index (κ3) is 1.26. The Morgan fingerprint density at radius 2 is 2.11 bits per heavy atom. The van der Waals surface area contributed by atoms with Crippen molar-refractivity contribution in [3.8, 4) is 0 Å². The Balaban J connectivity index is 2.65. The summed E-state index contributed by atoms with van der Waals surface area (Å²) in [5.41, 5.74) is 5.36. The van der Waals surface area contributed by atoms with Gasteiger partial charge in [0.05, 0.1) is 18.4 Å². The highest BCUT2D eigenvalue weighted by molar-refractivity contribution is 4.64. The molecule has 1 aromatic rings. The maximum Gasteiger partial charge on any atom is 0.0810 e. The summed E-state index contributed by atoms with van der Waals surface area (Å²) < 4.78 is 0. The minimum atomic E-state index is 0.208. The van der Waals surface area contributed by atoms with Crippen LogP contribution in [0, 0.1) is 0 Å². The molecule has 4 heteroatoms. The van der Waals surface area contributed by atoms with Crippen LogP contribution in [0.1, 0.15) is 13.0 Å². The zero-order chi connectivity index (χ0) is 6.69. The van der Waals surface area contributed by atoms with Gasteiger partial charge in [-0.3, -0.25) is 0 Å². The van der Waals surface area contributed by atoms with Crippen LogP contribution in [0.2, 0.25) is 0 Å². The summed E-state index contributed by atoms with van der Waals surface area (Å²) in [7, 11) is 0. The largest absolute Gasteiger partial charge is 0.328 e. The van der Waals surface area contributed by atoms with Gasteiger partial charge in [-0.25, -0.2) is 0 Å². The van der Waals surface area contributed by atoms with Crippen molar-refractivity contribution in [2.24, 2.45) is 5.73 Å². The van der Waals surface area contributed by atoms with E-state index in [1.54, 1.807) is 17.2 Å². The maximum atomic E-state index is 5.36. The molecule has 0 unspecified atom stereocenters. The molecule has 0 saturated heterocycles. The molecular weight excluding hydrogens is 116 g/mol. The first-order valence-corrected chi connectivity index (χ1v) is 2.90. The van der Waals surface area contributed by atoms with Gasteiger partial charge in [0.1, 0.15) is 0 Å². The fraction of sp³-hybridized carbons (Fsp3) is 0.600. The molecule has 1 aromatic heterocycles. The number of hydrogen-bond donors (Lipinski definition) is 1. The van der Waals surface area contributed by atoms with E-state index in [4.69, 9.17) is 5.73 Å². The summed E-state index contributed by atoms with van der Waals surface area (Å²) in [5, 5.41) is 7.83. The first-order chi connectivity index (χ1) is 4.34. The second-order valence-corrected chi connectivity index (χ2v) is 1.93. The minimum Gasteiger partial charge on any atom is -0.328 e. The van der Waals surface area contributed by atoms with Crippen molar-refractivity contribution in [3.63, 3.8) is 0 Å². The molecule has 0 spiro atoms. The summed E-state index contributed by atoms with van der Waals surface area (Å²) in [6, 6.07) is 0.208. The zero-order valence-corrected chi connectivity index (χ0v) is 5.36. The molecule has 0 bridgehead atoms. The molecule has 0 aromatic carbocycles. The molecule has 0 aliphatic rings. The van der Waals surface area contributed by atoms with Gasteiger partial charge in [0.2, 0.25) is 0 Å². The van der Waals surface area contributed by atoms with Crippen LogP contribution in [0.4, 0.5) is 0 Å². The number of nitrogens with two attached hydrogens (primary N) is 1. The van der Waals surface area contributed by atoms with E-state index in [1.807, 2.05) is 6.92 Å². The zero-order valence-electron chi connectivity index (χ0n) is 5.36. The van der Waals surface area contributed by atoms with Gasteiger partial charge in [-0.2, -0.15) is 15.0 Å². The van der Waals surface area contributed by atoms with E-state index in [2.05, 4.69) is 10.2 Å². The second kappa shape index (κ2) is 2.59. The molecule has 0 saturated carbocycles. The number of aromatic nitrogens is 3. The quantitative estimate of drug-likeness (QED) is 0.597. The van der Waals surface area contributed by atoms with Crippen molar-refractivity contribution in [1.29, 1.82) is 0 Å². The SMILES string of the molecule is C[C@@H](CN)n1nccn1. The first-order valence-electron chi connectivity index (χ1n) is 2.90. The Morgan fingerprint density at radius 3 is 2.56 bits per heavy atom. The van der Waals surface area contributed by atoms with Crippen molar-refractivity contribution in [2.45, 2.75) is 13.0 Å². The van der Waals surface area contributed by atoms with E-state index in [1.165, 1.54) is 0 Å². The van der Waals surface area contributed by atoms with E-state index < -0.39 is 0 Å². The lowest BCUT2D eigenvalue weighted by atomic mass is 10.4. The summed E-state index contributed by atoms with van der Waals surface area (Å²) in [6.45, 7) is 2.55. The minimum absolute atomic E-state index is 0.208. The lowest BCUT2D eigenvalue weighted by Gasteiger charge is -2.04. The van der Waals surface area contributed by atoms with E-state index in [9.17, 15) is 0 Å². The van der Waals surface area contributed by atoms with Gasteiger partial charge in [0, 0.05) is 6.54 Å². The van der Waals surface area contributed by atoms with Crippen molar-refractivity contribution >= 4 is 0 Å². The number of nitrogens with zero attached hydrogens (tertiary/aromatic N) is 3. The van der Waals surface area contributed by atoms with Gasteiger partial charge < -0.3 is 5.73 Å². The van der Waals surface area contributed by atoms with Crippen molar-refractivity contribution in [1.82, 2.24) is 15.0 Å². The molecule has 9 heavy (non-hydrogen) atoms. The number of rotatable bonds is 2. The highest BCUT2D eigenvalue weighted by Crippen LogP contribution is 1.94. The Labute approximate surface area is 53.7 Å². The molecule has 1 heterocycles. The van der Waals surface area contributed by atoms with Gasteiger partial charge in [-0.15, -0.1) is 0 Å². The van der Waals surface area contributed by atoms with Gasteiger partial charge in [-0.05, 0) is 6.92 Å². The fourth-order valence-electron chi connectivity index (χ4n) is 0.548. The van der Waals surface area contributed by atoms with E-state index in [0.717, 1.165) is 0 Å². The number of hydrogen-bond acceptors (Lipinski definition) is 3. The van der Waals surface area contributed by atoms with Crippen LogP contribution in [0.25, 0.3) is 0 Å². The highest BCUT2D eigenvalue weighted by atomic mass is 15.5. The van der Waals surface area contributed by atoms with Crippen LogP contribution in [-0.2, 0) is 0 Å². The molecule has 2 N–H and O–H groups in total. The third-order valence-electron chi connectivity index (χ3n) is 1.17. The second-order valence-electron chi connectivity index (χ2n) is 1.93. The summed E-state index contributed by atoms with van der Waals surface area (Å²) in [5.74, 6) is 0. The lowest BCUT2D eigenvalue weighted by Crippen LogP contribution is -2.18. The maximum absolute atomic E-state index is 5.36. The molecule has 1 rings (SSSR count). The standard InChI is InChI=1S/C5H10N4/c1-5(4-6)9-7-2-3-8-9/h2-3,5H,4,6H2,1H3/t5-/m0/s1. The van der Waals surface area contributed by atoms with Crippen LogP contribution in [0.5, 0.6) is 0 Å². The Morgan fingerprint density at radius 1 is 1.56 bits per heavy atom. The molecule has 4 nitrogen and oxygen atoms in total. The van der Waals surface area contributed by atoms with Crippen LogP contribution < -0.4 is 5.73 Å². The normalized spacial score (nSPS) is 13.6. The molecule has 50 valence electrons. The van der Waals surface area contributed by atoms with Crippen LogP contribution in [-0.4, -0.2) is 21.5 Å². The van der Waals surface area contributed by atoms with E-state index >= 15 is 0 Å². The molecule has 1 atom stereocenters. The lowest BCUT2D eigenvalue weighted by molar-refractivity contribution is 0.442. The van der Waals surface area contributed by atoms with E-state index in [-0.39, 0.29) is 6.04 Å². The monoisotopic (exact) mass is 126 g/mol. The summed E-state index contributed by atoms with van der Waals surface area (Å²) in [4.78, 5) is 1.60.